The van der Waals surface area contributed by atoms with Gasteiger partial charge in [-0.15, -0.1) is 24.0 Å². The summed E-state index contributed by atoms with van der Waals surface area (Å²) in [5.74, 6) is 1.39. The average molecular weight is 500 g/mol. The molecule has 2 rings (SSSR count). The van der Waals surface area contributed by atoms with E-state index in [1.165, 1.54) is 4.90 Å². The number of guanidine groups is 1. The third kappa shape index (κ3) is 8.12. The van der Waals surface area contributed by atoms with Gasteiger partial charge in [0.1, 0.15) is 5.75 Å². The highest BCUT2D eigenvalue weighted by Gasteiger charge is 2.34. The normalized spacial score (nSPS) is 18.1. The molecule has 1 aromatic rings. The lowest BCUT2D eigenvalue weighted by Gasteiger charge is -2.20. The van der Waals surface area contributed by atoms with Crippen molar-refractivity contribution in [3.8, 4) is 5.75 Å². The van der Waals surface area contributed by atoms with Crippen molar-refractivity contribution < 1.29 is 17.9 Å². The van der Waals surface area contributed by atoms with Crippen LogP contribution in [0.15, 0.2) is 23.2 Å². The van der Waals surface area contributed by atoms with E-state index in [0.717, 1.165) is 16.9 Å². The fraction of sp³-hybridized carbons (Fsp3) is 0.611. The van der Waals surface area contributed by atoms with Crippen molar-refractivity contribution in [1.82, 2.24) is 15.5 Å². The van der Waals surface area contributed by atoms with E-state index >= 15 is 0 Å². The van der Waals surface area contributed by atoms with Crippen LogP contribution in [0.5, 0.6) is 5.75 Å². The molecule has 1 unspecified atom stereocenters. The summed E-state index contributed by atoms with van der Waals surface area (Å²) in [5, 5.41) is 6.39. The molecular formula is C18H28F3IN4O. The number of aliphatic imine (C=N–C) groups is 1. The third-order valence-corrected chi connectivity index (χ3v) is 4.21. The Balaban J connectivity index is 0.00000364. The number of ether oxygens (including phenoxy) is 1. The van der Waals surface area contributed by atoms with E-state index in [1.54, 1.807) is 7.11 Å². The maximum atomic E-state index is 12.5. The van der Waals surface area contributed by atoms with Crippen LogP contribution < -0.4 is 15.4 Å². The molecule has 1 heterocycles. The van der Waals surface area contributed by atoms with Crippen molar-refractivity contribution in [3.63, 3.8) is 0 Å². The fourth-order valence-corrected chi connectivity index (χ4v) is 3.01. The molecule has 1 aliphatic rings. The van der Waals surface area contributed by atoms with E-state index in [4.69, 9.17) is 4.74 Å². The van der Waals surface area contributed by atoms with Crippen LogP contribution in [0.1, 0.15) is 24.5 Å². The van der Waals surface area contributed by atoms with Gasteiger partial charge >= 0.3 is 6.18 Å². The highest BCUT2D eigenvalue weighted by Crippen LogP contribution is 2.21. The van der Waals surface area contributed by atoms with Gasteiger partial charge in [0, 0.05) is 31.2 Å². The third-order valence-electron chi connectivity index (χ3n) is 4.21. The number of nitrogens with zero attached hydrogens (tertiary/aromatic N) is 2. The highest BCUT2D eigenvalue weighted by molar-refractivity contribution is 14.0. The van der Waals surface area contributed by atoms with Crippen molar-refractivity contribution in [2.24, 2.45) is 4.99 Å². The summed E-state index contributed by atoms with van der Waals surface area (Å²) in [6.07, 6.45) is -3.50. The topological polar surface area (TPSA) is 48.9 Å². The molecule has 5 nitrogen and oxygen atoms in total. The minimum absolute atomic E-state index is 0. The predicted octanol–water partition coefficient (Wildman–Crippen LogP) is 3.31. The summed E-state index contributed by atoms with van der Waals surface area (Å²) < 4.78 is 42.9. The second kappa shape index (κ2) is 10.9. The van der Waals surface area contributed by atoms with E-state index < -0.39 is 12.7 Å². The lowest BCUT2D eigenvalue weighted by molar-refractivity contribution is -0.143. The monoisotopic (exact) mass is 500 g/mol. The number of rotatable bonds is 6. The molecule has 154 valence electrons. The molecule has 9 heteroatoms. The van der Waals surface area contributed by atoms with E-state index in [9.17, 15) is 13.2 Å². The fourth-order valence-electron chi connectivity index (χ4n) is 3.01. The number of hydrogen-bond acceptors (Lipinski definition) is 3. The Hall–Kier alpha value is -1.23. The molecule has 1 atom stereocenters. The summed E-state index contributed by atoms with van der Waals surface area (Å²) in [5.41, 5.74) is 2.07. The first-order valence-corrected chi connectivity index (χ1v) is 8.78. The van der Waals surface area contributed by atoms with Gasteiger partial charge in [-0.1, -0.05) is 12.1 Å². The van der Waals surface area contributed by atoms with Gasteiger partial charge in [0.2, 0.25) is 0 Å². The number of aryl methyl sites for hydroxylation is 1. The molecule has 1 aliphatic heterocycles. The Morgan fingerprint density at radius 2 is 2.11 bits per heavy atom. The van der Waals surface area contributed by atoms with Gasteiger partial charge in [-0.2, -0.15) is 13.2 Å². The maximum Gasteiger partial charge on any atom is 0.401 e. The number of likely N-dealkylation sites (tertiary alicyclic amines) is 1. The summed E-state index contributed by atoms with van der Waals surface area (Å²) in [7, 11) is 1.62. The molecule has 1 saturated heterocycles. The van der Waals surface area contributed by atoms with Crippen molar-refractivity contribution >= 4 is 29.9 Å². The Bertz CT molecular complexity index is 625. The van der Waals surface area contributed by atoms with Crippen LogP contribution >= 0.6 is 24.0 Å². The molecule has 27 heavy (non-hydrogen) atoms. The van der Waals surface area contributed by atoms with Crippen molar-refractivity contribution in [1.29, 1.82) is 0 Å². The van der Waals surface area contributed by atoms with Crippen molar-refractivity contribution in [2.45, 2.75) is 39.0 Å². The lowest BCUT2D eigenvalue weighted by Crippen LogP contribution is -2.45. The molecule has 0 amide bonds. The number of methoxy groups -OCH3 is 1. The summed E-state index contributed by atoms with van der Waals surface area (Å²) >= 11 is 0. The first-order valence-electron chi connectivity index (χ1n) is 8.78. The number of nitrogens with one attached hydrogen (secondary N) is 2. The minimum Gasteiger partial charge on any atom is -0.496 e. The minimum atomic E-state index is -4.16. The van der Waals surface area contributed by atoms with Gasteiger partial charge in [-0.05, 0) is 31.9 Å². The summed E-state index contributed by atoms with van der Waals surface area (Å²) in [6.45, 7) is 4.98. The first-order chi connectivity index (χ1) is 12.3. The van der Waals surface area contributed by atoms with Crippen LogP contribution in [0.25, 0.3) is 0 Å². The summed E-state index contributed by atoms with van der Waals surface area (Å²) in [4.78, 5) is 5.98. The van der Waals surface area contributed by atoms with Crippen LogP contribution in [-0.2, 0) is 6.54 Å². The molecule has 0 bridgehead atoms. The van der Waals surface area contributed by atoms with E-state index in [0.29, 0.717) is 38.6 Å². The van der Waals surface area contributed by atoms with Crippen molar-refractivity contribution in [2.75, 3.05) is 33.3 Å². The molecule has 2 N–H and O–H groups in total. The Morgan fingerprint density at radius 3 is 2.74 bits per heavy atom. The van der Waals surface area contributed by atoms with Gasteiger partial charge in [0.15, 0.2) is 5.96 Å². The van der Waals surface area contributed by atoms with Gasteiger partial charge in [0.25, 0.3) is 0 Å². The van der Waals surface area contributed by atoms with Gasteiger partial charge in [-0.3, -0.25) is 4.90 Å². The van der Waals surface area contributed by atoms with Crippen molar-refractivity contribution in [3.05, 3.63) is 29.3 Å². The van der Waals surface area contributed by atoms with E-state index in [2.05, 4.69) is 15.6 Å². The standard InChI is InChI=1S/C18H27F3N4O.HI/c1-4-22-17(23-10-14-6-5-13(2)9-16(14)26-3)24-15-7-8-25(11-15)12-18(19,20)21;/h5-6,9,15H,4,7-8,10-12H2,1-3H3,(H2,22,23,24);1H. The zero-order chi connectivity index (χ0) is 19.2. The maximum absolute atomic E-state index is 12.5. The number of alkyl halides is 3. The Kier molecular flexibility index (Phi) is 9.65. The molecule has 0 aromatic heterocycles. The molecular weight excluding hydrogens is 472 g/mol. The van der Waals surface area contributed by atoms with Crippen LogP contribution in [-0.4, -0.2) is 56.4 Å². The van der Waals surface area contributed by atoms with Gasteiger partial charge < -0.3 is 15.4 Å². The molecule has 0 radical (unpaired) electrons. The van der Waals surface area contributed by atoms with Crippen LogP contribution in [0.3, 0.4) is 0 Å². The zero-order valence-electron chi connectivity index (χ0n) is 15.9. The Morgan fingerprint density at radius 1 is 1.37 bits per heavy atom. The molecule has 1 fully saturated rings. The molecule has 0 saturated carbocycles. The highest BCUT2D eigenvalue weighted by atomic mass is 127. The average Bonchev–Trinajstić information content (AvgIpc) is 2.98. The smallest absolute Gasteiger partial charge is 0.401 e. The predicted molar refractivity (Wildman–Crippen MR) is 112 cm³/mol. The zero-order valence-corrected chi connectivity index (χ0v) is 18.2. The van der Waals surface area contributed by atoms with Gasteiger partial charge in [-0.25, -0.2) is 4.99 Å². The number of halogens is 4. The quantitative estimate of drug-likeness (QED) is 0.358. The molecule has 1 aromatic carbocycles. The van der Waals surface area contributed by atoms with E-state index in [-0.39, 0.29) is 30.0 Å². The molecule has 0 aliphatic carbocycles. The molecule has 0 spiro atoms. The van der Waals surface area contributed by atoms with Crippen LogP contribution in [0.2, 0.25) is 0 Å². The van der Waals surface area contributed by atoms with Gasteiger partial charge in [0.05, 0.1) is 20.2 Å². The Labute approximate surface area is 175 Å². The SMILES string of the molecule is CCNC(=NCc1ccc(C)cc1OC)NC1CCN(CC(F)(F)F)C1.I. The second-order valence-corrected chi connectivity index (χ2v) is 6.49. The number of benzene rings is 1. The second-order valence-electron chi connectivity index (χ2n) is 6.49. The van der Waals surface area contributed by atoms with Crippen LogP contribution in [0, 0.1) is 6.92 Å². The first kappa shape index (κ1) is 23.8. The van der Waals surface area contributed by atoms with Crippen LogP contribution in [0.4, 0.5) is 13.2 Å². The largest absolute Gasteiger partial charge is 0.496 e. The summed E-state index contributed by atoms with van der Waals surface area (Å²) in [6, 6.07) is 5.88. The number of hydrogen-bond donors (Lipinski definition) is 2. The van der Waals surface area contributed by atoms with E-state index in [1.807, 2.05) is 32.0 Å². The lowest BCUT2D eigenvalue weighted by atomic mass is 10.1.